The fourth-order valence-corrected chi connectivity index (χ4v) is 4.76. The van der Waals surface area contributed by atoms with Crippen LogP contribution in [0, 0.1) is 0 Å². The summed E-state index contributed by atoms with van der Waals surface area (Å²) in [6, 6.07) is 29.1. The third-order valence-corrected chi connectivity index (χ3v) is 6.57. The van der Waals surface area contributed by atoms with Crippen LogP contribution in [-0.2, 0) is 26.6 Å². The van der Waals surface area contributed by atoms with E-state index in [1.807, 2.05) is 58.6 Å². The standard InChI is InChI=1S/C31H31N5O/c1-4-20-35-29-28(30(37)34(3)31(35)32-5-2)27(21-23-12-8-6-9-13-23)36(33-29)22-24-16-18-26(19-17-24)25-14-10-7-11-15-25/h4,6-19H,1,5,20-22H2,2-3H3/b32-31-. The molecule has 5 rings (SSSR count). The van der Waals surface area contributed by atoms with Gasteiger partial charge in [-0.25, -0.2) is 0 Å². The normalized spacial score (nSPS) is 11.8. The van der Waals surface area contributed by atoms with Gasteiger partial charge in [-0.15, -0.1) is 6.58 Å². The van der Waals surface area contributed by atoms with Crippen molar-refractivity contribution in [2.45, 2.75) is 26.4 Å². The molecule has 0 N–H and O–H groups in total. The first-order valence-electron chi connectivity index (χ1n) is 12.6. The van der Waals surface area contributed by atoms with Crippen molar-refractivity contribution in [3.63, 3.8) is 0 Å². The molecule has 5 aromatic rings. The summed E-state index contributed by atoms with van der Waals surface area (Å²) >= 11 is 0. The Morgan fingerprint density at radius 3 is 2.19 bits per heavy atom. The van der Waals surface area contributed by atoms with Gasteiger partial charge < -0.3 is 0 Å². The van der Waals surface area contributed by atoms with E-state index in [-0.39, 0.29) is 5.56 Å². The minimum atomic E-state index is -0.0841. The monoisotopic (exact) mass is 489 g/mol. The van der Waals surface area contributed by atoms with Crippen LogP contribution in [0.4, 0.5) is 0 Å². The van der Waals surface area contributed by atoms with Gasteiger partial charge in [0.05, 0.1) is 12.2 Å². The van der Waals surface area contributed by atoms with Gasteiger partial charge in [0.15, 0.2) is 5.65 Å². The molecule has 0 atom stereocenters. The van der Waals surface area contributed by atoms with Gasteiger partial charge in [0, 0.05) is 26.6 Å². The lowest BCUT2D eigenvalue weighted by Gasteiger charge is -2.10. The van der Waals surface area contributed by atoms with Crippen molar-refractivity contribution in [1.29, 1.82) is 0 Å². The van der Waals surface area contributed by atoms with Crippen molar-refractivity contribution in [2.75, 3.05) is 6.54 Å². The molecule has 0 fully saturated rings. The van der Waals surface area contributed by atoms with E-state index in [4.69, 9.17) is 5.10 Å². The summed E-state index contributed by atoms with van der Waals surface area (Å²) in [5.41, 5.74) is 6.66. The predicted molar refractivity (Wildman–Crippen MR) is 149 cm³/mol. The average molecular weight is 490 g/mol. The number of rotatable bonds is 8. The molecule has 0 amide bonds. The van der Waals surface area contributed by atoms with E-state index in [1.165, 1.54) is 11.1 Å². The molecule has 0 unspecified atom stereocenters. The van der Waals surface area contributed by atoms with Crippen molar-refractivity contribution in [3.05, 3.63) is 130 Å². The highest BCUT2D eigenvalue weighted by atomic mass is 16.1. The van der Waals surface area contributed by atoms with Crippen LogP contribution in [0.15, 0.2) is 107 Å². The highest BCUT2D eigenvalue weighted by Gasteiger charge is 2.20. The van der Waals surface area contributed by atoms with Crippen molar-refractivity contribution in [2.24, 2.45) is 12.0 Å². The maximum Gasteiger partial charge on any atom is 0.266 e. The Bertz CT molecular complexity index is 1660. The molecule has 0 saturated heterocycles. The largest absolute Gasteiger partial charge is 0.291 e. The van der Waals surface area contributed by atoms with Gasteiger partial charge >= 0.3 is 0 Å². The summed E-state index contributed by atoms with van der Waals surface area (Å²) in [6.45, 7) is 7.53. The van der Waals surface area contributed by atoms with Gasteiger partial charge in [0.1, 0.15) is 5.39 Å². The van der Waals surface area contributed by atoms with Crippen molar-refractivity contribution in [1.82, 2.24) is 18.9 Å². The lowest BCUT2D eigenvalue weighted by molar-refractivity contribution is 0.627. The molecule has 0 radical (unpaired) electrons. The minimum Gasteiger partial charge on any atom is -0.291 e. The fraction of sp³-hybridized carbons (Fsp3) is 0.194. The van der Waals surface area contributed by atoms with E-state index in [0.29, 0.717) is 42.7 Å². The third-order valence-electron chi connectivity index (χ3n) is 6.57. The van der Waals surface area contributed by atoms with Crippen LogP contribution in [0.25, 0.3) is 22.2 Å². The maximum atomic E-state index is 13.7. The van der Waals surface area contributed by atoms with Gasteiger partial charge in [-0.1, -0.05) is 91.0 Å². The summed E-state index contributed by atoms with van der Waals surface area (Å²) < 4.78 is 5.59. The molecule has 2 heterocycles. The molecule has 6 heteroatoms. The van der Waals surface area contributed by atoms with E-state index in [0.717, 1.165) is 16.8 Å². The zero-order chi connectivity index (χ0) is 25.8. The molecular formula is C31H31N5O. The van der Waals surface area contributed by atoms with Crippen LogP contribution < -0.4 is 11.2 Å². The zero-order valence-corrected chi connectivity index (χ0v) is 21.3. The number of hydrogen-bond donors (Lipinski definition) is 0. The lowest BCUT2D eigenvalue weighted by Crippen LogP contribution is -2.39. The highest BCUT2D eigenvalue weighted by molar-refractivity contribution is 5.78. The Morgan fingerprint density at radius 1 is 0.892 bits per heavy atom. The van der Waals surface area contributed by atoms with E-state index in [2.05, 4.69) is 60.1 Å². The van der Waals surface area contributed by atoms with Gasteiger partial charge in [-0.2, -0.15) is 5.10 Å². The van der Waals surface area contributed by atoms with Crippen LogP contribution in [-0.4, -0.2) is 25.5 Å². The average Bonchev–Trinajstić information content (AvgIpc) is 3.28. The van der Waals surface area contributed by atoms with Gasteiger partial charge in [-0.05, 0) is 29.2 Å². The van der Waals surface area contributed by atoms with Crippen molar-refractivity contribution < 1.29 is 0 Å². The molecular weight excluding hydrogens is 458 g/mol. The molecule has 0 aliphatic rings. The molecule has 0 saturated carbocycles. The second kappa shape index (κ2) is 10.7. The molecule has 0 bridgehead atoms. The Labute approximate surface area is 216 Å². The maximum absolute atomic E-state index is 13.7. The van der Waals surface area contributed by atoms with E-state index in [1.54, 1.807) is 11.6 Å². The second-order valence-corrected chi connectivity index (χ2v) is 9.07. The van der Waals surface area contributed by atoms with E-state index >= 15 is 0 Å². The summed E-state index contributed by atoms with van der Waals surface area (Å²) in [6.07, 6.45) is 2.42. The number of allylic oxidation sites excluding steroid dienone is 1. The Morgan fingerprint density at radius 2 is 1.54 bits per heavy atom. The first kappa shape index (κ1) is 24.3. The SMILES string of the molecule is C=CCn1/c(=N\CC)n(C)c(=O)c2c(Cc3ccccc3)n(Cc3ccc(-c4ccccc4)cc3)nc21. The molecule has 0 aliphatic heterocycles. The molecule has 186 valence electrons. The van der Waals surface area contributed by atoms with Crippen LogP contribution >= 0.6 is 0 Å². The van der Waals surface area contributed by atoms with E-state index < -0.39 is 0 Å². The van der Waals surface area contributed by atoms with Crippen LogP contribution in [0.1, 0.15) is 23.7 Å². The second-order valence-electron chi connectivity index (χ2n) is 9.07. The van der Waals surface area contributed by atoms with Crippen molar-refractivity contribution in [3.8, 4) is 11.1 Å². The summed E-state index contributed by atoms with van der Waals surface area (Å²) in [4.78, 5) is 18.3. The zero-order valence-electron chi connectivity index (χ0n) is 21.3. The number of benzene rings is 3. The molecule has 0 aliphatic carbocycles. The first-order chi connectivity index (χ1) is 18.1. The predicted octanol–water partition coefficient (Wildman–Crippen LogP) is 4.95. The topological polar surface area (TPSA) is 57.1 Å². The molecule has 3 aromatic carbocycles. The molecule has 0 spiro atoms. The number of aromatic nitrogens is 4. The molecule has 2 aromatic heterocycles. The first-order valence-corrected chi connectivity index (χ1v) is 12.6. The third kappa shape index (κ3) is 4.83. The molecule has 37 heavy (non-hydrogen) atoms. The van der Waals surface area contributed by atoms with Gasteiger partial charge in [-0.3, -0.25) is 23.6 Å². The number of nitrogens with zero attached hydrogens (tertiary/aromatic N) is 5. The Hall–Kier alpha value is -4.45. The van der Waals surface area contributed by atoms with Crippen molar-refractivity contribution >= 4 is 11.0 Å². The highest BCUT2D eigenvalue weighted by Crippen LogP contribution is 2.22. The Balaban J connectivity index is 1.67. The summed E-state index contributed by atoms with van der Waals surface area (Å²) in [5.74, 6) is 0. The smallest absolute Gasteiger partial charge is 0.266 e. The summed E-state index contributed by atoms with van der Waals surface area (Å²) in [5, 5.41) is 5.64. The summed E-state index contributed by atoms with van der Waals surface area (Å²) in [7, 11) is 1.78. The number of hydrogen-bond acceptors (Lipinski definition) is 3. The van der Waals surface area contributed by atoms with Gasteiger partial charge in [0.2, 0.25) is 5.62 Å². The fourth-order valence-electron chi connectivity index (χ4n) is 4.76. The van der Waals surface area contributed by atoms with Crippen LogP contribution in [0.3, 0.4) is 0 Å². The van der Waals surface area contributed by atoms with E-state index in [9.17, 15) is 4.79 Å². The van der Waals surface area contributed by atoms with Gasteiger partial charge in [0.25, 0.3) is 5.56 Å². The minimum absolute atomic E-state index is 0.0841. The number of fused-ring (bicyclic) bond motifs is 1. The molecule has 6 nitrogen and oxygen atoms in total. The van der Waals surface area contributed by atoms with Crippen LogP contribution in [0.5, 0.6) is 0 Å². The quantitative estimate of drug-likeness (QED) is 0.290. The van der Waals surface area contributed by atoms with Crippen LogP contribution in [0.2, 0.25) is 0 Å². The lowest BCUT2D eigenvalue weighted by atomic mass is 10.0. The Kier molecular flexibility index (Phi) is 6.99.